The molecule has 4 heterocycles. The molecule has 0 saturated heterocycles. The van der Waals surface area contributed by atoms with Crippen LogP contribution in [-0.4, -0.2) is 50.3 Å². The van der Waals surface area contributed by atoms with E-state index < -0.39 is 11.5 Å². The van der Waals surface area contributed by atoms with Crippen LogP contribution in [0, 0.1) is 0 Å². The van der Waals surface area contributed by atoms with Crippen molar-refractivity contribution in [2.24, 2.45) is 7.05 Å². The number of methoxy groups -OCH3 is 1. The van der Waals surface area contributed by atoms with E-state index in [4.69, 9.17) is 21.4 Å². The average molecular weight is 572 g/mol. The molecule has 0 radical (unpaired) electrons. The lowest BCUT2D eigenvalue weighted by Crippen LogP contribution is -2.53. The molecule has 0 aliphatic carbocycles. The fraction of sp³-hybridized carbons (Fsp3) is 0.500. The highest BCUT2D eigenvalue weighted by molar-refractivity contribution is 7.97. The maximum absolute atomic E-state index is 13.6. The van der Waals surface area contributed by atoms with Gasteiger partial charge in [-0.1, -0.05) is 25.1 Å². The minimum atomic E-state index is -1.39. The van der Waals surface area contributed by atoms with Crippen LogP contribution in [0.1, 0.15) is 66.0 Å². The van der Waals surface area contributed by atoms with Crippen LogP contribution in [0.25, 0.3) is 0 Å². The van der Waals surface area contributed by atoms with E-state index in [2.05, 4.69) is 5.10 Å². The third-order valence-electron chi connectivity index (χ3n) is 8.04. The van der Waals surface area contributed by atoms with Crippen LogP contribution in [0.5, 0.6) is 0 Å². The van der Waals surface area contributed by atoms with Crippen LogP contribution in [0.2, 0.25) is 0 Å². The summed E-state index contributed by atoms with van der Waals surface area (Å²) < 4.78 is 8.73. The quantitative estimate of drug-likeness (QED) is 0.278. The van der Waals surface area contributed by atoms with Crippen LogP contribution in [0.3, 0.4) is 0 Å². The number of hydrogen-bond acceptors (Lipinski definition) is 7. The Balaban J connectivity index is 1.58. The van der Waals surface area contributed by atoms with Gasteiger partial charge in [0.2, 0.25) is 0 Å². The van der Waals surface area contributed by atoms with Crippen molar-refractivity contribution < 1.29 is 19.4 Å². The number of thioether (sulfide) groups is 1. The molecular formula is C28H34ClN5O4S. The summed E-state index contributed by atoms with van der Waals surface area (Å²) in [5, 5.41) is 20.7. The first kappa shape index (κ1) is 27.6. The first-order valence-corrected chi connectivity index (χ1v) is 14.9. The number of benzene rings is 1. The van der Waals surface area contributed by atoms with Crippen molar-refractivity contribution in [2.75, 3.05) is 18.6 Å². The maximum Gasteiger partial charge on any atom is 0.335 e. The smallest absolute Gasteiger partial charge is 0.335 e. The molecule has 2 aromatic heterocycles. The summed E-state index contributed by atoms with van der Waals surface area (Å²) in [6.45, 7) is 2.98. The molecule has 0 fully saturated rings. The Kier molecular flexibility index (Phi) is 7.96. The number of aliphatic carboxylic acids is 1. The molecule has 39 heavy (non-hydrogen) atoms. The first-order chi connectivity index (χ1) is 18.8. The SMILES string of the molecule is COC(=O)CCN1c2ccccc2C(C)C1(C(=O)O)c1c(CSCc2cc(CCl)n(C)n2)nn2c1CCCC2. The van der Waals surface area contributed by atoms with Gasteiger partial charge in [-0.05, 0) is 37.0 Å². The molecule has 5 rings (SSSR count). The largest absolute Gasteiger partial charge is 0.479 e. The summed E-state index contributed by atoms with van der Waals surface area (Å²) >= 11 is 7.69. The Hall–Kier alpha value is -2.98. The number of carbonyl (C=O) groups excluding carboxylic acids is 1. The zero-order chi connectivity index (χ0) is 27.7. The highest BCUT2D eigenvalue weighted by Gasteiger charge is 2.59. The molecule has 2 atom stereocenters. The summed E-state index contributed by atoms with van der Waals surface area (Å²) in [5.74, 6) is -0.0525. The second-order valence-corrected chi connectivity index (χ2v) is 11.4. The van der Waals surface area contributed by atoms with Crippen molar-refractivity contribution in [3.63, 3.8) is 0 Å². The topological polar surface area (TPSA) is 102 Å². The van der Waals surface area contributed by atoms with Gasteiger partial charge in [-0.15, -0.1) is 23.4 Å². The van der Waals surface area contributed by atoms with E-state index in [1.807, 2.05) is 53.9 Å². The number of para-hydroxylation sites is 1. The number of halogens is 1. The second kappa shape index (κ2) is 11.3. The Morgan fingerprint density at radius 2 is 2.03 bits per heavy atom. The number of anilines is 1. The number of hydrogen-bond donors (Lipinski definition) is 1. The number of carboxylic acids is 1. The summed E-state index contributed by atoms with van der Waals surface area (Å²) in [5.41, 5.74) is 4.84. The molecular weight excluding hydrogens is 538 g/mol. The summed E-state index contributed by atoms with van der Waals surface area (Å²) in [4.78, 5) is 27.7. The van der Waals surface area contributed by atoms with Gasteiger partial charge in [0.1, 0.15) is 0 Å². The van der Waals surface area contributed by atoms with Crippen molar-refractivity contribution >= 4 is 41.0 Å². The number of aromatic nitrogens is 4. The highest BCUT2D eigenvalue weighted by atomic mass is 35.5. The zero-order valence-electron chi connectivity index (χ0n) is 22.5. The second-order valence-electron chi connectivity index (χ2n) is 10.2. The van der Waals surface area contributed by atoms with Crippen LogP contribution in [0.15, 0.2) is 30.3 Å². The molecule has 0 bridgehead atoms. The zero-order valence-corrected chi connectivity index (χ0v) is 24.1. The first-order valence-electron chi connectivity index (χ1n) is 13.2. The standard InChI is InChI=1S/C28H34ClN5O4S/c1-18-21-8-4-5-9-23(21)33(13-11-25(35)38-3)28(18,27(36)37)26-22(31-34-12-7-6-10-24(26)34)17-39-16-19-14-20(15-29)32(2)30-19/h4-5,8-9,14,18H,6-7,10-13,15-17H2,1-3H3,(H,36,37). The highest BCUT2D eigenvalue weighted by Crippen LogP contribution is 2.55. The minimum Gasteiger partial charge on any atom is -0.479 e. The van der Waals surface area contributed by atoms with E-state index in [0.29, 0.717) is 17.4 Å². The Morgan fingerprint density at radius 3 is 2.74 bits per heavy atom. The summed E-state index contributed by atoms with van der Waals surface area (Å²) in [6.07, 6.45) is 2.86. The molecule has 1 N–H and O–H groups in total. The number of alkyl halides is 1. The predicted octanol–water partition coefficient (Wildman–Crippen LogP) is 4.59. The molecule has 0 amide bonds. The number of aryl methyl sites for hydroxylation is 2. The molecule has 9 nitrogen and oxygen atoms in total. The lowest BCUT2D eigenvalue weighted by Gasteiger charge is -2.40. The lowest BCUT2D eigenvalue weighted by atomic mass is 9.75. The van der Waals surface area contributed by atoms with E-state index in [-0.39, 0.29) is 24.9 Å². The van der Waals surface area contributed by atoms with Crippen LogP contribution in [-0.2, 0) is 57.3 Å². The van der Waals surface area contributed by atoms with Crippen molar-refractivity contribution in [2.45, 2.75) is 68.0 Å². The Morgan fingerprint density at radius 1 is 1.23 bits per heavy atom. The van der Waals surface area contributed by atoms with Gasteiger partial charge >= 0.3 is 11.9 Å². The molecule has 3 aromatic rings. The number of carbonyl (C=O) groups is 2. The maximum atomic E-state index is 13.6. The van der Waals surface area contributed by atoms with Crippen molar-refractivity contribution in [1.82, 2.24) is 19.6 Å². The van der Waals surface area contributed by atoms with Crippen LogP contribution in [0.4, 0.5) is 5.69 Å². The van der Waals surface area contributed by atoms with Gasteiger partial charge in [0, 0.05) is 54.5 Å². The van der Waals surface area contributed by atoms with Gasteiger partial charge in [-0.2, -0.15) is 10.2 Å². The third-order valence-corrected chi connectivity index (χ3v) is 9.29. The number of carboxylic acid groups (broad SMARTS) is 1. The summed E-state index contributed by atoms with van der Waals surface area (Å²) in [7, 11) is 3.24. The number of esters is 1. The minimum absolute atomic E-state index is 0.0860. The van der Waals surface area contributed by atoms with E-state index in [9.17, 15) is 14.7 Å². The fourth-order valence-corrected chi connectivity index (χ4v) is 7.31. The van der Waals surface area contributed by atoms with Crippen molar-refractivity contribution in [3.8, 4) is 0 Å². The van der Waals surface area contributed by atoms with E-state index >= 15 is 0 Å². The molecule has 208 valence electrons. The fourth-order valence-electron chi connectivity index (χ4n) is 6.21. The van der Waals surface area contributed by atoms with Crippen LogP contribution < -0.4 is 4.90 Å². The molecule has 2 aliphatic heterocycles. The van der Waals surface area contributed by atoms with Gasteiger partial charge in [0.25, 0.3) is 0 Å². The van der Waals surface area contributed by atoms with E-state index in [1.54, 1.807) is 16.4 Å². The number of rotatable bonds is 10. The Labute approximate surface area is 237 Å². The van der Waals surface area contributed by atoms with Crippen molar-refractivity contribution in [3.05, 3.63) is 64.2 Å². The normalized spacial score (nSPS) is 20.1. The lowest BCUT2D eigenvalue weighted by molar-refractivity contribution is -0.145. The number of fused-ring (bicyclic) bond motifs is 2. The van der Waals surface area contributed by atoms with Gasteiger partial charge in [-0.25, -0.2) is 4.79 Å². The molecule has 0 saturated carbocycles. The van der Waals surface area contributed by atoms with Crippen molar-refractivity contribution in [1.29, 1.82) is 0 Å². The molecule has 11 heteroatoms. The molecule has 1 aromatic carbocycles. The monoisotopic (exact) mass is 571 g/mol. The molecule has 2 aliphatic rings. The molecule has 0 spiro atoms. The van der Waals surface area contributed by atoms with Gasteiger partial charge in [-0.3, -0.25) is 14.2 Å². The summed E-state index contributed by atoms with van der Waals surface area (Å²) in [6, 6.07) is 9.81. The van der Waals surface area contributed by atoms with E-state index in [1.165, 1.54) is 7.11 Å². The average Bonchev–Trinajstić information content (AvgIpc) is 3.57. The molecule has 2 unspecified atom stereocenters. The van der Waals surface area contributed by atoms with Crippen LogP contribution >= 0.6 is 23.4 Å². The van der Waals surface area contributed by atoms with Gasteiger partial charge < -0.3 is 14.7 Å². The third kappa shape index (κ3) is 4.71. The Bertz CT molecular complexity index is 1390. The van der Waals surface area contributed by atoms with Gasteiger partial charge in [0.15, 0.2) is 5.54 Å². The van der Waals surface area contributed by atoms with E-state index in [0.717, 1.165) is 65.4 Å². The van der Waals surface area contributed by atoms with Gasteiger partial charge in [0.05, 0.1) is 36.5 Å². The number of ether oxygens (including phenoxy) is 1. The predicted molar refractivity (Wildman–Crippen MR) is 151 cm³/mol. The number of nitrogens with zero attached hydrogens (tertiary/aromatic N) is 5.